The van der Waals surface area contributed by atoms with Gasteiger partial charge in [-0.1, -0.05) is 43.2 Å². The lowest BCUT2D eigenvalue weighted by Gasteiger charge is -2.40. The molecule has 0 bridgehead atoms. The van der Waals surface area contributed by atoms with Crippen molar-refractivity contribution in [1.29, 1.82) is 0 Å². The Morgan fingerprint density at radius 2 is 1.67 bits per heavy atom. The lowest BCUT2D eigenvalue weighted by atomic mass is 10.0. The molecule has 0 radical (unpaired) electrons. The maximum Gasteiger partial charge on any atom is 0.408 e. The van der Waals surface area contributed by atoms with Crippen molar-refractivity contribution in [2.45, 2.75) is 77.0 Å². The van der Waals surface area contributed by atoms with Gasteiger partial charge in [0.05, 0.1) is 0 Å². The van der Waals surface area contributed by atoms with E-state index in [2.05, 4.69) is 10.2 Å². The van der Waals surface area contributed by atoms with Crippen LogP contribution in [0.1, 0.15) is 70.9 Å². The van der Waals surface area contributed by atoms with Gasteiger partial charge in [0.15, 0.2) is 0 Å². The first-order valence-electron chi connectivity index (χ1n) is 11.4. The second-order valence-corrected chi connectivity index (χ2v) is 9.52. The lowest BCUT2D eigenvalue weighted by molar-refractivity contribution is -0.135. The van der Waals surface area contributed by atoms with Gasteiger partial charge >= 0.3 is 6.09 Å². The van der Waals surface area contributed by atoms with E-state index in [1.165, 1.54) is 25.7 Å². The normalized spacial score (nSPS) is 22.1. The Morgan fingerprint density at radius 1 is 1.00 bits per heavy atom. The third-order valence-electron chi connectivity index (χ3n) is 5.91. The molecule has 0 aliphatic carbocycles. The van der Waals surface area contributed by atoms with Gasteiger partial charge < -0.3 is 15.0 Å². The van der Waals surface area contributed by atoms with Crippen LogP contribution in [0, 0.1) is 0 Å². The summed E-state index contributed by atoms with van der Waals surface area (Å²) in [5.41, 5.74) is 0.169. The second kappa shape index (κ2) is 10.3. The first-order chi connectivity index (χ1) is 14.3. The summed E-state index contributed by atoms with van der Waals surface area (Å²) in [5.74, 6) is -0.0495. The van der Waals surface area contributed by atoms with Gasteiger partial charge in [-0.2, -0.15) is 0 Å². The molecule has 2 saturated heterocycles. The van der Waals surface area contributed by atoms with Gasteiger partial charge in [0.1, 0.15) is 11.6 Å². The molecule has 166 valence electrons. The number of likely N-dealkylation sites (tertiary alicyclic amines) is 2. The molecular weight excluding hydrogens is 378 g/mol. The van der Waals surface area contributed by atoms with Crippen molar-refractivity contribution in [2.24, 2.45) is 0 Å². The molecule has 0 saturated carbocycles. The van der Waals surface area contributed by atoms with E-state index >= 15 is 0 Å². The number of amides is 2. The van der Waals surface area contributed by atoms with Crippen LogP contribution in [-0.4, -0.2) is 59.6 Å². The maximum atomic E-state index is 13.5. The van der Waals surface area contributed by atoms with Crippen LogP contribution >= 0.6 is 0 Å². The molecule has 0 aromatic heterocycles. The Bertz CT molecular complexity index is 693. The number of carbonyl (C=O) groups excluding carboxylic acids is 2. The van der Waals surface area contributed by atoms with Crippen molar-refractivity contribution in [3.8, 4) is 0 Å². The summed E-state index contributed by atoms with van der Waals surface area (Å²) in [6, 6.07) is 9.15. The molecule has 6 heteroatoms. The van der Waals surface area contributed by atoms with E-state index in [-0.39, 0.29) is 5.91 Å². The van der Waals surface area contributed by atoms with Crippen LogP contribution in [0.25, 0.3) is 0 Å². The summed E-state index contributed by atoms with van der Waals surface area (Å²) in [5, 5.41) is 2.83. The molecule has 2 fully saturated rings. The van der Waals surface area contributed by atoms with Gasteiger partial charge in [-0.15, -0.1) is 0 Å². The average Bonchev–Trinajstić information content (AvgIpc) is 3.01. The maximum absolute atomic E-state index is 13.5. The Balaban J connectivity index is 1.72. The molecule has 0 spiro atoms. The Labute approximate surface area is 180 Å². The number of benzene rings is 1. The van der Waals surface area contributed by atoms with E-state index in [0.29, 0.717) is 6.04 Å². The molecule has 1 unspecified atom stereocenters. The van der Waals surface area contributed by atoms with Crippen molar-refractivity contribution >= 4 is 12.0 Å². The molecule has 6 nitrogen and oxygen atoms in total. The largest absolute Gasteiger partial charge is 0.444 e. The molecule has 2 aliphatic rings. The molecule has 2 atom stereocenters. The molecular formula is C24H37N3O3. The molecule has 3 rings (SSSR count). The van der Waals surface area contributed by atoms with E-state index in [9.17, 15) is 9.59 Å². The van der Waals surface area contributed by atoms with Crippen LogP contribution in [0.4, 0.5) is 4.79 Å². The van der Waals surface area contributed by atoms with E-state index < -0.39 is 17.7 Å². The number of carbonyl (C=O) groups is 2. The second-order valence-electron chi connectivity index (χ2n) is 9.52. The van der Waals surface area contributed by atoms with Gasteiger partial charge in [0, 0.05) is 19.1 Å². The minimum absolute atomic E-state index is 0.0495. The average molecular weight is 416 g/mol. The number of rotatable bonds is 4. The Kier molecular flexibility index (Phi) is 7.75. The zero-order chi connectivity index (χ0) is 21.6. The highest BCUT2D eigenvalue weighted by Crippen LogP contribution is 2.24. The summed E-state index contributed by atoms with van der Waals surface area (Å²) in [4.78, 5) is 30.5. The highest BCUT2D eigenvalue weighted by molar-refractivity contribution is 5.87. The van der Waals surface area contributed by atoms with E-state index in [0.717, 1.165) is 44.6 Å². The van der Waals surface area contributed by atoms with Crippen LogP contribution in [0.15, 0.2) is 30.3 Å². The zero-order valence-corrected chi connectivity index (χ0v) is 18.7. The Hall–Kier alpha value is -2.08. The first kappa shape index (κ1) is 22.6. The number of ether oxygens (including phenoxy) is 1. The standard InChI is InChI=1S/C24H37N3O3/c1-24(2,3)30-23(29)25-21(19-12-7-6-8-13-19)22(28)27-17-11-14-20(18-27)26-15-9-4-5-10-16-26/h6-8,12-13,20-21H,4-5,9-11,14-18H2,1-3H3,(H,25,29)/t20?,21-/m0/s1. The molecule has 30 heavy (non-hydrogen) atoms. The summed E-state index contributed by atoms with van der Waals surface area (Å²) in [6.07, 6.45) is 6.68. The van der Waals surface area contributed by atoms with Crippen molar-refractivity contribution in [3.05, 3.63) is 35.9 Å². The predicted molar refractivity (Wildman–Crippen MR) is 118 cm³/mol. The number of piperidine rings is 1. The molecule has 1 aromatic carbocycles. The summed E-state index contributed by atoms with van der Waals surface area (Å²) >= 11 is 0. The topological polar surface area (TPSA) is 61.9 Å². The minimum Gasteiger partial charge on any atom is -0.444 e. The van der Waals surface area contributed by atoms with Gasteiger partial charge in [-0.05, 0) is 65.1 Å². The van der Waals surface area contributed by atoms with Crippen molar-refractivity contribution < 1.29 is 14.3 Å². The smallest absolute Gasteiger partial charge is 0.408 e. The van der Waals surface area contributed by atoms with Gasteiger partial charge in [0.25, 0.3) is 0 Å². The zero-order valence-electron chi connectivity index (χ0n) is 18.7. The summed E-state index contributed by atoms with van der Waals surface area (Å²) in [6.45, 7) is 9.20. The highest BCUT2D eigenvalue weighted by atomic mass is 16.6. The minimum atomic E-state index is -0.732. The third kappa shape index (κ3) is 6.46. The number of hydrogen-bond acceptors (Lipinski definition) is 4. The molecule has 2 aliphatic heterocycles. The first-order valence-corrected chi connectivity index (χ1v) is 11.4. The van der Waals surface area contributed by atoms with Crippen LogP contribution < -0.4 is 5.32 Å². The number of nitrogens with one attached hydrogen (secondary N) is 1. The van der Waals surface area contributed by atoms with E-state index in [1.807, 2.05) is 56.0 Å². The fourth-order valence-electron chi connectivity index (χ4n) is 4.45. The molecule has 1 N–H and O–H groups in total. The summed E-state index contributed by atoms with van der Waals surface area (Å²) in [7, 11) is 0. The van der Waals surface area contributed by atoms with Gasteiger partial charge in [0.2, 0.25) is 5.91 Å². The predicted octanol–water partition coefficient (Wildman–Crippen LogP) is 4.12. The number of nitrogens with zero attached hydrogens (tertiary/aromatic N) is 2. The fraction of sp³-hybridized carbons (Fsp3) is 0.667. The molecule has 1 aromatic rings. The Morgan fingerprint density at radius 3 is 2.30 bits per heavy atom. The van der Waals surface area contributed by atoms with Crippen molar-refractivity contribution in [2.75, 3.05) is 26.2 Å². The van der Waals surface area contributed by atoms with Crippen LogP contribution in [-0.2, 0) is 9.53 Å². The fourth-order valence-corrected chi connectivity index (χ4v) is 4.45. The van der Waals surface area contributed by atoms with Gasteiger partial charge in [-0.3, -0.25) is 9.69 Å². The third-order valence-corrected chi connectivity index (χ3v) is 5.91. The molecule has 2 heterocycles. The van der Waals surface area contributed by atoms with Crippen LogP contribution in [0.5, 0.6) is 0 Å². The van der Waals surface area contributed by atoms with Crippen LogP contribution in [0.3, 0.4) is 0 Å². The van der Waals surface area contributed by atoms with E-state index in [1.54, 1.807) is 0 Å². The van der Waals surface area contributed by atoms with Crippen LogP contribution in [0.2, 0.25) is 0 Å². The quantitative estimate of drug-likeness (QED) is 0.804. The number of alkyl carbamates (subject to hydrolysis) is 1. The lowest BCUT2D eigenvalue weighted by Crippen LogP contribution is -2.53. The number of hydrogen-bond donors (Lipinski definition) is 1. The molecule has 2 amide bonds. The highest BCUT2D eigenvalue weighted by Gasteiger charge is 2.33. The van der Waals surface area contributed by atoms with Crippen molar-refractivity contribution in [3.63, 3.8) is 0 Å². The van der Waals surface area contributed by atoms with Crippen molar-refractivity contribution in [1.82, 2.24) is 15.1 Å². The van der Waals surface area contributed by atoms with Gasteiger partial charge in [-0.25, -0.2) is 4.79 Å². The monoisotopic (exact) mass is 415 g/mol. The van der Waals surface area contributed by atoms with E-state index in [4.69, 9.17) is 4.74 Å². The SMILES string of the molecule is CC(C)(C)OC(=O)N[C@H](C(=O)N1CCCC(N2CCCCCC2)C1)c1ccccc1. The summed E-state index contributed by atoms with van der Waals surface area (Å²) < 4.78 is 5.43.